The summed E-state index contributed by atoms with van der Waals surface area (Å²) in [5.74, 6) is -2.84. The van der Waals surface area contributed by atoms with Crippen molar-refractivity contribution >= 4 is 51.0 Å². The molecule has 8 nitrogen and oxygen atoms in total. The number of ether oxygens (including phenoxy) is 2. The molecule has 3 unspecified atom stereocenters. The molecule has 10 heteroatoms. The largest absolute Gasteiger partial charge is 0.461 e. The van der Waals surface area contributed by atoms with Crippen LogP contribution in [0, 0.1) is 11.8 Å². The Morgan fingerprint density at radius 3 is 2.70 bits per heavy atom. The molecule has 0 saturated carbocycles. The molecular formula is C27H32BrClN2O6. The Bertz CT molecular complexity index is 1070. The van der Waals surface area contributed by atoms with Crippen LogP contribution >= 0.6 is 27.5 Å². The summed E-state index contributed by atoms with van der Waals surface area (Å²) in [6.45, 7) is 7.95. The van der Waals surface area contributed by atoms with Gasteiger partial charge in [0.1, 0.15) is 18.2 Å². The van der Waals surface area contributed by atoms with Gasteiger partial charge in [0.25, 0.3) is 5.91 Å². The van der Waals surface area contributed by atoms with Crippen LogP contribution in [0.5, 0.6) is 0 Å². The molecule has 2 bridgehead atoms. The molecule has 0 aromatic heterocycles. The third-order valence-electron chi connectivity index (χ3n) is 7.42. The first kappa shape index (κ1) is 27.8. The maximum atomic E-state index is 14.4. The zero-order valence-electron chi connectivity index (χ0n) is 20.6. The van der Waals surface area contributed by atoms with Gasteiger partial charge >= 0.3 is 5.97 Å². The summed E-state index contributed by atoms with van der Waals surface area (Å²) in [6.07, 6.45) is 4.76. The fourth-order valence-corrected chi connectivity index (χ4v) is 7.16. The van der Waals surface area contributed by atoms with E-state index in [1.807, 2.05) is 0 Å². The Kier molecular flexibility index (Phi) is 8.78. The van der Waals surface area contributed by atoms with Gasteiger partial charge in [0.15, 0.2) is 0 Å². The lowest BCUT2D eigenvalue weighted by molar-refractivity contribution is -0.153. The molecule has 37 heavy (non-hydrogen) atoms. The van der Waals surface area contributed by atoms with Gasteiger partial charge in [0.05, 0.1) is 28.6 Å². The molecule has 3 heterocycles. The molecule has 4 rings (SSSR count). The molecule has 1 spiro atoms. The van der Waals surface area contributed by atoms with Gasteiger partial charge in [-0.05, 0) is 37.8 Å². The van der Waals surface area contributed by atoms with Crippen molar-refractivity contribution in [3.8, 4) is 0 Å². The van der Waals surface area contributed by atoms with Crippen LogP contribution in [0.1, 0.15) is 25.7 Å². The summed E-state index contributed by atoms with van der Waals surface area (Å²) in [6, 6.07) is 6.05. The first-order valence-corrected chi connectivity index (χ1v) is 13.8. The second-order valence-corrected chi connectivity index (χ2v) is 11.2. The Morgan fingerprint density at radius 1 is 1.27 bits per heavy atom. The quantitative estimate of drug-likeness (QED) is 0.172. The van der Waals surface area contributed by atoms with Crippen molar-refractivity contribution < 1.29 is 29.0 Å². The number of aliphatic hydroxyl groups is 1. The summed E-state index contributed by atoms with van der Waals surface area (Å²) < 4.78 is 11.8. The first-order chi connectivity index (χ1) is 17.8. The molecule has 3 saturated heterocycles. The number of carbonyl (C=O) groups is 3. The number of esters is 1. The SMILES string of the molecule is C=CCOC(=O)[C@H]1[C@@H]2OC3(CC2Br)C(C(=O)N(CC=C)c2ccccc2Cl)N(CCCCCO)C(=O)[C@H]13. The Labute approximate surface area is 230 Å². The number of alkyl halides is 1. The van der Waals surface area contributed by atoms with E-state index in [0.29, 0.717) is 42.9 Å². The molecule has 3 aliphatic heterocycles. The summed E-state index contributed by atoms with van der Waals surface area (Å²) in [5, 5.41) is 9.59. The van der Waals surface area contributed by atoms with E-state index in [-0.39, 0.29) is 36.4 Å². The normalized spacial score (nSPS) is 29.8. The van der Waals surface area contributed by atoms with Crippen LogP contribution in [0.15, 0.2) is 49.6 Å². The number of hydrogen-bond donors (Lipinski definition) is 1. The predicted molar refractivity (Wildman–Crippen MR) is 144 cm³/mol. The maximum absolute atomic E-state index is 14.4. The molecular weight excluding hydrogens is 564 g/mol. The fourth-order valence-electron chi connectivity index (χ4n) is 5.98. The molecule has 0 aliphatic carbocycles. The number of likely N-dealkylation sites (tertiary alicyclic amines) is 1. The highest BCUT2D eigenvalue weighted by molar-refractivity contribution is 9.09. The van der Waals surface area contributed by atoms with E-state index in [0.717, 1.165) is 0 Å². The van der Waals surface area contributed by atoms with E-state index >= 15 is 0 Å². The molecule has 200 valence electrons. The third-order valence-corrected chi connectivity index (χ3v) is 8.58. The van der Waals surface area contributed by atoms with E-state index in [4.69, 9.17) is 21.1 Å². The smallest absolute Gasteiger partial charge is 0.312 e. The van der Waals surface area contributed by atoms with Crippen molar-refractivity contribution in [1.29, 1.82) is 0 Å². The van der Waals surface area contributed by atoms with Crippen molar-refractivity contribution in [2.45, 2.75) is 48.3 Å². The minimum Gasteiger partial charge on any atom is -0.461 e. The lowest BCUT2D eigenvalue weighted by Gasteiger charge is -2.37. The number of halogens is 2. The number of fused-ring (bicyclic) bond motifs is 1. The third kappa shape index (κ3) is 4.87. The topological polar surface area (TPSA) is 96.4 Å². The Morgan fingerprint density at radius 2 is 2.03 bits per heavy atom. The van der Waals surface area contributed by atoms with Crippen molar-refractivity contribution in [3.05, 3.63) is 54.6 Å². The maximum Gasteiger partial charge on any atom is 0.312 e. The molecule has 1 N–H and O–H groups in total. The number of amides is 2. The first-order valence-electron chi connectivity index (χ1n) is 12.5. The number of benzene rings is 1. The molecule has 0 radical (unpaired) electrons. The van der Waals surface area contributed by atoms with Crippen LogP contribution in [-0.2, 0) is 23.9 Å². The van der Waals surface area contributed by atoms with Gasteiger partial charge in [-0.15, -0.1) is 6.58 Å². The number of rotatable bonds is 12. The van der Waals surface area contributed by atoms with Crippen LogP contribution in [0.25, 0.3) is 0 Å². The molecule has 3 fully saturated rings. The number of para-hydroxylation sites is 1. The van der Waals surface area contributed by atoms with Gasteiger partial charge in [0.2, 0.25) is 5.91 Å². The minimum atomic E-state index is -1.19. The summed E-state index contributed by atoms with van der Waals surface area (Å²) in [5.41, 5.74) is -0.686. The molecule has 1 aromatic rings. The van der Waals surface area contributed by atoms with Crippen molar-refractivity contribution in [3.63, 3.8) is 0 Å². The highest BCUT2D eigenvalue weighted by Gasteiger charge is 2.77. The van der Waals surface area contributed by atoms with Gasteiger partial charge in [-0.3, -0.25) is 14.4 Å². The Hall–Kier alpha value is -2.20. The van der Waals surface area contributed by atoms with E-state index in [2.05, 4.69) is 29.1 Å². The van der Waals surface area contributed by atoms with E-state index in [1.54, 1.807) is 35.2 Å². The second-order valence-electron chi connectivity index (χ2n) is 9.59. The average Bonchev–Trinajstić information content (AvgIpc) is 3.47. The van der Waals surface area contributed by atoms with E-state index in [1.165, 1.54) is 11.0 Å². The fraction of sp³-hybridized carbons (Fsp3) is 0.519. The number of carbonyl (C=O) groups excluding carboxylic acids is 3. The van der Waals surface area contributed by atoms with Gasteiger partial charge in [0, 0.05) is 24.5 Å². The summed E-state index contributed by atoms with van der Waals surface area (Å²) in [7, 11) is 0. The number of anilines is 1. The number of hydrogen-bond acceptors (Lipinski definition) is 6. The monoisotopic (exact) mass is 594 g/mol. The lowest BCUT2D eigenvalue weighted by atomic mass is 9.70. The number of aliphatic hydroxyl groups excluding tert-OH is 1. The molecule has 3 aliphatic rings. The van der Waals surface area contributed by atoms with Gasteiger partial charge in [-0.2, -0.15) is 0 Å². The van der Waals surface area contributed by atoms with Crippen molar-refractivity contribution in [2.75, 3.05) is 31.2 Å². The molecule has 1 aromatic carbocycles. The highest BCUT2D eigenvalue weighted by Crippen LogP contribution is 2.60. The van der Waals surface area contributed by atoms with Gasteiger partial charge < -0.3 is 24.4 Å². The predicted octanol–water partition coefficient (Wildman–Crippen LogP) is 3.50. The zero-order valence-corrected chi connectivity index (χ0v) is 22.9. The zero-order chi connectivity index (χ0) is 26.7. The van der Waals surface area contributed by atoms with Gasteiger partial charge in [-0.25, -0.2) is 0 Å². The van der Waals surface area contributed by atoms with Gasteiger partial charge in [-0.1, -0.05) is 58.4 Å². The van der Waals surface area contributed by atoms with Crippen LogP contribution < -0.4 is 4.90 Å². The minimum absolute atomic E-state index is 0.0236. The van der Waals surface area contributed by atoms with Crippen molar-refractivity contribution in [1.82, 2.24) is 4.90 Å². The lowest BCUT2D eigenvalue weighted by Crippen LogP contribution is -2.57. The van der Waals surface area contributed by atoms with Crippen LogP contribution in [0.4, 0.5) is 5.69 Å². The van der Waals surface area contributed by atoms with Crippen LogP contribution in [0.2, 0.25) is 5.02 Å². The van der Waals surface area contributed by atoms with E-state index < -0.39 is 35.6 Å². The van der Waals surface area contributed by atoms with Crippen molar-refractivity contribution in [2.24, 2.45) is 11.8 Å². The Balaban J connectivity index is 1.76. The molecule has 2 amide bonds. The standard InChI is InChI=1S/C27H32BrClN2O6/c1-3-12-30(19-11-7-6-10-18(19)29)25(34)23-27-16-17(28)22(37-27)20(26(35)36-15-4-2)21(27)24(33)31(23)13-8-5-9-14-32/h3-4,6-7,10-11,17,20-23,32H,1-2,5,8-9,12-16H2/t17?,20-,21+,22-,23?,27?/m1/s1. The second kappa shape index (κ2) is 11.7. The molecule has 6 atom stereocenters. The average molecular weight is 596 g/mol. The number of nitrogens with zero attached hydrogens (tertiary/aromatic N) is 2. The number of unbranched alkanes of at least 4 members (excludes halogenated alkanes) is 2. The summed E-state index contributed by atoms with van der Waals surface area (Å²) in [4.78, 5) is 44.3. The summed E-state index contributed by atoms with van der Waals surface area (Å²) >= 11 is 10.1. The highest BCUT2D eigenvalue weighted by atomic mass is 79.9. The van der Waals surface area contributed by atoms with Crippen LogP contribution in [-0.4, -0.2) is 76.7 Å². The van der Waals surface area contributed by atoms with E-state index in [9.17, 15) is 19.5 Å². The van der Waals surface area contributed by atoms with Crippen LogP contribution in [0.3, 0.4) is 0 Å².